The molecule has 1 heterocycles. The zero-order chi connectivity index (χ0) is 34.7. The van der Waals surface area contributed by atoms with Crippen molar-refractivity contribution < 1.29 is 56.7 Å². The first-order valence-electron chi connectivity index (χ1n) is 15.8. The topological polar surface area (TPSA) is 135 Å². The van der Waals surface area contributed by atoms with Gasteiger partial charge in [0.25, 0.3) is 0 Å². The monoisotopic (exact) mass is 638 g/mol. The van der Waals surface area contributed by atoms with Gasteiger partial charge in [-0.3, -0.25) is 4.79 Å². The fraction of sp³-hybridized carbons (Fsp3) is 0.840. The second-order valence-electron chi connectivity index (χ2n) is 14.5. The van der Waals surface area contributed by atoms with E-state index in [2.05, 4.69) is 4.74 Å². The molecule has 6 bridgehead atoms. The molecule has 12 radical (unpaired) electrons. The van der Waals surface area contributed by atoms with E-state index in [1.54, 1.807) is 0 Å². The summed E-state index contributed by atoms with van der Waals surface area (Å²) in [7, 11) is 31.8. The molecule has 0 aromatic carbocycles. The Kier molecular flexibility index (Phi) is 10.3. The van der Waals surface area contributed by atoms with Gasteiger partial charge in [0.05, 0.1) is 17.1 Å². The molecule has 7 aliphatic rings. The van der Waals surface area contributed by atoms with Crippen LogP contribution in [-0.2, 0) is 42.9 Å². The van der Waals surface area contributed by atoms with Gasteiger partial charge in [0.15, 0.2) is 6.61 Å². The van der Waals surface area contributed by atoms with Crippen molar-refractivity contribution in [2.75, 3.05) is 13.2 Å². The predicted molar refractivity (Wildman–Crippen MR) is 172 cm³/mol. The molecule has 0 aromatic heterocycles. The van der Waals surface area contributed by atoms with E-state index in [9.17, 15) is 33.1 Å². The molecule has 6 aliphatic carbocycles. The number of halogens is 2. The van der Waals surface area contributed by atoms with Gasteiger partial charge < -0.3 is 28.8 Å². The first-order chi connectivity index (χ1) is 21.7. The SMILES string of the molecule is CC(F)(F)C(=O)OCC(=O)OC12CC3CC(O)(CC(OCC(=O)OC4C5CC6C(=O)OC4C6C5)(C3)C1)C2.[B]B([B])B(B([B])[B])B([B])[B]. The molecule has 9 unspecified atom stereocenters. The second-order valence-corrected chi connectivity index (χ2v) is 14.5. The molecule has 22 heteroatoms. The van der Waals surface area contributed by atoms with Crippen LogP contribution < -0.4 is 0 Å². The normalized spacial score (nSPS) is 36.9. The van der Waals surface area contributed by atoms with Crippen LogP contribution in [0.15, 0.2) is 0 Å². The Labute approximate surface area is 282 Å². The van der Waals surface area contributed by atoms with Crippen molar-refractivity contribution in [2.45, 2.75) is 93.2 Å². The number of fused-ring (bicyclic) bond motifs is 1. The lowest BCUT2D eigenvalue weighted by atomic mass is 8.58. The van der Waals surface area contributed by atoms with Crippen molar-refractivity contribution in [2.24, 2.45) is 23.7 Å². The molecule has 47 heavy (non-hydrogen) atoms. The summed E-state index contributed by atoms with van der Waals surface area (Å²) in [5, 5.41) is 11.2. The van der Waals surface area contributed by atoms with Crippen molar-refractivity contribution in [3.63, 3.8) is 0 Å². The van der Waals surface area contributed by atoms with E-state index < -0.39 is 85.0 Å². The minimum Gasteiger partial charge on any atom is -0.458 e. The summed E-state index contributed by atoms with van der Waals surface area (Å²) in [4.78, 5) is 48.4. The lowest BCUT2D eigenvalue weighted by Gasteiger charge is -2.63. The van der Waals surface area contributed by atoms with Crippen LogP contribution in [0.4, 0.5) is 8.78 Å². The molecule has 9 atom stereocenters. The Morgan fingerprint density at radius 2 is 1.55 bits per heavy atom. The van der Waals surface area contributed by atoms with Gasteiger partial charge in [-0.15, -0.1) is 0 Å². The third-order valence-electron chi connectivity index (χ3n) is 10.5. The summed E-state index contributed by atoms with van der Waals surface area (Å²) in [6.45, 7) is -0.965. The van der Waals surface area contributed by atoms with Crippen LogP contribution in [0.5, 0.6) is 0 Å². The quantitative estimate of drug-likeness (QED) is 0.149. The predicted octanol–water partition coefficient (Wildman–Crippen LogP) is -2.36. The molecule has 0 spiro atoms. The molecule has 234 valence electrons. The van der Waals surface area contributed by atoms with Crippen molar-refractivity contribution >= 4 is 95.8 Å². The Morgan fingerprint density at radius 1 is 0.936 bits per heavy atom. The van der Waals surface area contributed by atoms with Crippen LogP contribution in [0.2, 0.25) is 0 Å². The van der Waals surface area contributed by atoms with E-state index in [-0.39, 0.29) is 55.5 Å². The number of hydrogen-bond donors (Lipinski definition) is 1. The Hall–Kier alpha value is -1.69. The summed E-state index contributed by atoms with van der Waals surface area (Å²) in [6, 6.07) is 0. The number of esters is 4. The standard InChI is InChI=1S/C25H30F2O10.B10/c1-22(26,27)21(31)33-7-17(29)37-25-6-12-4-23(32,10-25)9-24(5-12,11-25)34-8-16(28)35-18-13-2-14-15(3-13)20(30)36-19(14)18;1-7(2)10(8(3)4)9(5)6/h12-15,18-19,32H,2-11H2,1H3;. The van der Waals surface area contributed by atoms with Crippen LogP contribution in [0.25, 0.3) is 0 Å². The molecule has 10 nitrogen and oxygen atoms in total. The maximum Gasteiger partial charge on any atom is 0.377 e. The van der Waals surface area contributed by atoms with Crippen LogP contribution >= 0.6 is 0 Å². The van der Waals surface area contributed by atoms with E-state index in [0.29, 0.717) is 32.6 Å². The number of aliphatic hydroxyl groups is 1. The van der Waals surface area contributed by atoms with Gasteiger partial charge in [0.2, 0.25) is 0 Å². The van der Waals surface area contributed by atoms with E-state index in [1.165, 1.54) is 0 Å². The molecular formula is C25H30B10F2O10. The Balaban J connectivity index is 0.000000378. The minimum absolute atomic E-state index is 0.0343. The summed E-state index contributed by atoms with van der Waals surface area (Å²) in [6.07, 6.45) is 0.284. The van der Waals surface area contributed by atoms with E-state index in [1.807, 2.05) is 0 Å². The molecule has 1 saturated heterocycles. The number of carbonyl (C=O) groups is 4. The fourth-order valence-electron chi connectivity index (χ4n) is 9.24. The number of ether oxygens (including phenoxy) is 5. The zero-order valence-electron chi connectivity index (χ0n) is 26.2. The molecule has 1 aliphatic heterocycles. The van der Waals surface area contributed by atoms with Gasteiger partial charge in [-0.1, -0.05) is 0 Å². The van der Waals surface area contributed by atoms with Crippen molar-refractivity contribution in [3.8, 4) is 0 Å². The third kappa shape index (κ3) is 7.73. The van der Waals surface area contributed by atoms with E-state index in [4.69, 9.17) is 65.4 Å². The maximum absolute atomic E-state index is 13.0. The van der Waals surface area contributed by atoms with Gasteiger partial charge in [-0.05, 0) is 38.0 Å². The van der Waals surface area contributed by atoms with Gasteiger partial charge in [0, 0.05) is 110 Å². The third-order valence-corrected chi connectivity index (χ3v) is 10.5. The summed E-state index contributed by atoms with van der Waals surface area (Å²) >= 11 is 0. The molecule has 7 rings (SSSR count). The summed E-state index contributed by atoms with van der Waals surface area (Å²) in [5.41, 5.74) is -3.22. The fourth-order valence-corrected chi connectivity index (χ4v) is 9.24. The smallest absolute Gasteiger partial charge is 0.377 e. The maximum atomic E-state index is 13.0. The van der Waals surface area contributed by atoms with Gasteiger partial charge in [-0.25, -0.2) is 14.4 Å². The van der Waals surface area contributed by atoms with Gasteiger partial charge in [0.1, 0.15) is 24.4 Å². The Morgan fingerprint density at radius 3 is 2.13 bits per heavy atom. The molecule has 7 fully saturated rings. The summed E-state index contributed by atoms with van der Waals surface area (Å²) in [5.74, 6) is -7.27. The van der Waals surface area contributed by atoms with Crippen LogP contribution in [0, 0.1) is 23.7 Å². The van der Waals surface area contributed by atoms with Crippen LogP contribution in [-0.4, -0.2) is 149 Å². The minimum atomic E-state index is -3.73. The highest BCUT2D eigenvalue weighted by Crippen LogP contribution is 2.62. The highest BCUT2D eigenvalue weighted by atomic mass is 19.3. The molecular weight excluding hydrogens is 606 g/mol. The molecule has 1 N–H and O–H groups in total. The lowest BCUT2D eigenvalue weighted by molar-refractivity contribution is -0.275. The van der Waals surface area contributed by atoms with E-state index >= 15 is 0 Å². The van der Waals surface area contributed by atoms with Crippen molar-refractivity contribution in [1.82, 2.24) is 0 Å². The van der Waals surface area contributed by atoms with Crippen molar-refractivity contribution in [3.05, 3.63) is 0 Å². The number of hydrogen-bond acceptors (Lipinski definition) is 10. The first kappa shape index (κ1) is 36.6. The second kappa shape index (κ2) is 13.2. The number of rotatable bonds is 11. The van der Waals surface area contributed by atoms with Crippen LogP contribution in [0.1, 0.15) is 58.3 Å². The largest absolute Gasteiger partial charge is 0.458 e. The van der Waals surface area contributed by atoms with Crippen LogP contribution in [0.3, 0.4) is 0 Å². The van der Waals surface area contributed by atoms with E-state index in [0.717, 1.165) is 6.42 Å². The average molecular weight is 637 g/mol. The van der Waals surface area contributed by atoms with Gasteiger partial charge >= 0.3 is 29.8 Å². The Bertz CT molecular complexity index is 1240. The first-order valence-corrected chi connectivity index (χ1v) is 15.8. The average Bonchev–Trinajstić information content (AvgIpc) is 3.53. The number of alkyl halides is 2. The highest BCUT2D eigenvalue weighted by Gasteiger charge is 2.66. The molecule has 6 saturated carbocycles. The van der Waals surface area contributed by atoms with Gasteiger partial charge in [-0.2, -0.15) is 8.78 Å². The lowest BCUT2D eigenvalue weighted by Crippen LogP contribution is -2.68. The molecule has 0 amide bonds. The highest BCUT2D eigenvalue weighted by molar-refractivity contribution is 8.00. The summed E-state index contributed by atoms with van der Waals surface area (Å²) < 4.78 is 53.3. The molecule has 0 aromatic rings. The zero-order valence-corrected chi connectivity index (χ0v) is 26.2. The number of carbonyl (C=O) groups excluding carboxylic acids is 4. The van der Waals surface area contributed by atoms with Crippen molar-refractivity contribution in [1.29, 1.82) is 0 Å².